The van der Waals surface area contributed by atoms with Gasteiger partial charge >= 0.3 is 5.91 Å². The molecular weight excluding hydrogens is 328 g/mol. The molecule has 20 heavy (non-hydrogen) atoms. The lowest BCUT2D eigenvalue weighted by Crippen LogP contribution is -2.16. The molecule has 1 heterocycles. The maximum atomic E-state index is 11.6. The van der Waals surface area contributed by atoms with Crippen LogP contribution in [0.4, 0.5) is 0 Å². The Balaban J connectivity index is 2.05. The minimum Gasteiger partial charge on any atom is -0.504 e. The Morgan fingerprint density at radius 2 is 2.25 bits per heavy atom. The minimum absolute atomic E-state index is 0.0475. The van der Waals surface area contributed by atoms with Crippen molar-refractivity contribution in [3.63, 3.8) is 0 Å². The summed E-state index contributed by atoms with van der Waals surface area (Å²) in [4.78, 5) is 11.6. The Morgan fingerprint density at radius 1 is 1.45 bits per heavy atom. The highest BCUT2D eigenvalue weighted by Crippen LogP contribution is 2.27. The van der Waals surface area contributed by atoms with Crippen LogP contribution in [0.2, 0.25) is 0 Å². The van der Waals surface area contributed by atoms with Gasteiger partial charge in [-0.2, -0.15) is 5.10 Å². The summed E-state index contributed by atoms with van der Waals surface area (Å²) in [5.41, 5.74) is 2.71. The Labute approximate surface area is 123 Å². The lowest BCUT2D eigenvalue weighted by atomic mass is 10.2. The maximum Gasteiger partial charge on any atom is 0.307 e. The van der Waals surface area contributed by atoms with Crippen LogP contribution in [0, 0.1) is 0 Å². The Bertz CT molecular complexity index is 652. The van der Waals surface area contributed by atoms with Crippen LogP contribution in [0.25, 0.3) is 0 Å². The molecule has 0 unspecified atom stereocenters. The molecule has 6 nitrogen and oxygen atoms in total. The minimum atomic E-state index is -0.491. The number of hydrogen-bond donors (Lipinski definition) is 2. The average Bonchev–Trinajstić information content (AvgIpc) is 2.87. The monoisotopic (exact) mass is 338 g/mol. The number of phenolic OH excluding ortho intramolecular Hbond substituents is 1. The molecule has 0 saturated carbocycles. The van der Waals surface area contributed by atoms with E-state index in [1.165, 1.54) is 19.4 Å². The van der Waals surface area contributed by atoms with Crippen LogP contribution in [0.3, 0.4) is 0 Å². The predicted molar refractivity (Wildman–Crippen MR) is 76.1 cm³/mol. The van der Waals surface area contributed by atoms with Gasteiger partial charge < -0.3 is 14.3 Å². The molecule has 104 valence electrons. The normalized spacial score (nSPS) is 10.7. The highest BCUT2D eigenvalue weighted by molar-refractivity contribution is 9.10. The van der Waals surface area contributed by atoms with E-state index in [-0.39, 0.29) is 11.5 Å². The summed E-state index contributed by atoms with van der Waals surface area (Å²) in [6.45, 7) is 0. The van der Waals surface area contributed by atoms with Crippen LogP contribution in [-0.2, 0) is 0 Å². The van der Waals surface area contributed by atoms with Crippen molar-refractivity contribution >= 4 is 28.1 Å². The molecule has 7 heteroatoms. The summed E-state index contributed by atoms with van der Waals surface area (Å²) < 4.78 is 10.5. The van der Waals surface area contributed by atoms with Crippen LogP contribution in [0.15, 0.2) is 44.5 Å². The Kier molecular flexibility index (Phi) is 4.41. The van der Waals surface area contributed by atoms with Gasteiger partial charge in [-0.1, -0.05) is 6.07 Å². The van der Waals surface area contributed by atoms with Gasteiger partial charge in [-0.15, -0.1) is 0 Å². The molecule has 0 aliphatic rings. The number of hydrogen-bond acceptors (Lipinski definition) is 5. The van der Waals surface area contributed by atoms with Gasteiger partial charge in [0.05, 0.1) is 13.3 Å². The molecule has 0 saturated heterocycles. The van der Waals surface area contributed by atoms with Crippen molar-refractivity contribution in [2.75, 3.05) is 7.11 Å². The molecule has 2 N–H and O–H groups in total. The third-order valence-corrected chi connectivity index (χ3v) is 2.84. The second kappa shape index (κ2) is 6.25. The molecule has 0 radical (unpaired) electrons. The van der Waals surface area contributed by atoms with E-state index in [1.54, 1.807) is 24.3 Å². The fourth-order valence-electron chi connectivity index (χ4n) is 1.46. The number of phenols is 1. The van der Waals surface area contributed by atoms with Gasteiger partial charge in [0, 0.05) is 5.56 Å². The van der Waals surface area contributed by atoms with E-state index in [9.17, 15) is 9.90 Å². The number of para-hydroxylation sites is 1. The van der Waals surface area contributed by atoms with Crippen molar-refractivity contribution in [1.29, 1.82) is 0 Å². The van der Waals surface area contributed by atoms with Crippen molar-refractivity contribution in [3.05, 3.63) is 46.3 Å². The summed E-state index contributed by atoms with van der Waals surface area (Å²) >= 11 is 3.10. The lowest BCUT2D eigenvalue weighted by molar-refractivity contribution is 0.0926. The van der Waals surface area contributed by atoms with E-state index in [0.29, 0.717) is 16.0 Å². The highest BCUT2D eigenvalue weighted by Gasteiger charge is 2.09. The van der Waals surface area contributed by atoms with Gasteiger partial charge in [-0.25, -0.2) is 5.43 Å². The molecule has 1 aromatic carbocycles. The number of nitrogens with zero attached hydrogens (tertiary/aromatic N) is 1. The van der Waals surface area contributed by atoms with E-state index < -0.39 is 5.91 Å². The average molecular weight is 339 g/mol. The van der Waals surface area contributed by atoms with Crippen molar-refractivity contribution in [2.24, 2.45) is 5.10 Å². The highest BCUT2D eigenvalue weighted by atomic mass is 79.9. The maximum absolute atomic E-state index is 11.6. The lowest BCUT2D eigenvalue weighted by Gasteiger charge is -2.04. The van der Waals surface area contributed by atoms with Gasteiger partial charge in [0.1, 0.15) is 0 Å². The summed E-state index contributed by atoms with van der Waals surface area (Å²) in [6, 6.07) is 8.07. The third kappa shape index (κ3) is 3.18. The fourth-order valence-corrected chi connectivity index (χ4v) is 1.77. The van der Waals surface area contributed by atoms with E-state index in [2.05, 4.69) is 26.5 Å². The molecular formula is C13H11BrN2O4. The molecule has 0 fully saturated rings. The molecule has 1 amide bonds. The molecule has 0 aliphatic heterocycles. The largest absolute Gasteiger partial charge is 0.504 e. The number of rotatable bonds is 4. The van der Waals surface area contributed by atoms with E-state index >= 15 is 0 Å². The summed E-state index contributed by atoms with van der Waals surface area (Å²) in [6.07, 6.45) is 1.31. The molecule has 0 atom stereocenters. The smallest absolute Gasteiger partial charge is 0.307 e. The number of halogens is 1. The zero-order chi connectivity index (χ0) is 14.5. The number of benzene rings is 1. The molecule has 2 aromatic rings. The van der Waals surface area contributed by atoms with Gasteiger partial charge in [0.15, 0.2) is 21.9 Å². The first-order chi connectivity index (χ1) is 9.61. The summed E-state index contributed by atoms with van der Waals surface area (Å²) in [5.74, 6) is -0.0813. The molecule has 0 spiro atoms. The number of amides is 1. The molecule has 0 aliphatic carbocycles. The fraction of sp³-hybridized carbons (Fsp3) is 0.0769. The van der Waals surface area contributed by atoms with Crippen LogP contribution in [0.1, 0.15) is 16.1 Å². The Hall–Kier alpha value is -2.28. The van der Waals surface area contributed by atoms with Gasteiger partial charge in [-0.05, 0) is 40.2 Å². The standard InChI is InChI=1S/C13H11BrN2O4/c1-19-9-4-2-3-8(12(9)17)7-15-16-13(18)10-5-6-11(14)20-10/h2-7,17H,1H3,(H,16,18). The topological polar surface area (TPSA) is 84.1 Å². The molecule has 2 rings (SSSR count). The van der Waals surface area contributed by atoms with E-state index in [1.807, 2.05) is 0 Å². The summed E-state index contributed by atoms with van der Waals surface area (Å²) in [5, 5.41) is 13.6. The van der Waals surface area contributed by atoms with Crippen LogP contribution in [0.5, 0.6) is 11.5 Å². The first-order valence-electron chi connectivity index (χ1n) is 5.56. The molecule has 1 aromatic heterocycles. The van der Waals surface area contributed by atoms with Crippen molar-refractivity contribution in [1.82, 2.24) is 5.43 Å². The zero-order valence-electron chi connectivity index (χ0n) is 10.5. The van der Waals surface area contributed by atoms with Crippen LogP contribution >= 0.6 is 15.9 Å². The second-order valence-corrected chi connectivity index (χ2v) is 4.48. The van der Waals surface area contributed by atoms with Gasteiger partial charge in [0.25, 0.3) is 0 Å². The Morgan fingerprint density at radius 3 is 2.90 bits per heavy atom. The van der Waals surface area contributed by atoms with Crippen LogP contribution in [-0.4, -0.2) is 24.3 Å². The molecule has 0 bridgehead atoms. The number of ether oxygens (including phenoxy) is 1. The number of furan rings is 1. The first kappa shape index (κ1) is 14.1. The number of nitrogens with one attached hydrogen (secondary N) is 1. The predicted octanol–water partition coefficient (Wildman–Crippen LogP) is 2.52. The number of hydrazone groups is 1. The van der Waals surface area contributed by atoms with Crippen molar-refractivity contribution in [3.8, 4) is 11.5 Å². The number of aromatic hydroxyl groups is 1. The SMILES string of the molecule is COc1cccc(C=NNC(=O)c2ccc(Br)o2)c1O. The van der Waals surface area contributed by atoms with Gasteiger partial charge in [-0.3, -0.25) is 4.79 Å². The first-order valence-corrected chi connectivity index (χ1v) is 6.36. The van der Waals surface area contributed by atoms with Crippen LogP contribution < -0.4 is 10.2 Å². The van der Waals surface area contributed by atoms with E-state index in [0.717, 1.165) is 0 Å². The quantitative estimate of drug-likeness (QED) is 0.662. The van der Waals surface area contributed by atoms with Crippen molar-refractivity contribution in [2.45, 2.75) is 0 Å². The van der Waals surface area contributed by atoms with E-state index in [4.69, 9.17) is 9.15 Å². The third-order valence-electron chi connectivity index (χ3n) is 2.42. The number of methoxy groups -OCH3 is 1. The summed E-state index contributed by atoms with van der Waals surface area (Å²) in [7, 11) is 1.45. The van der Waals surface area contributed by atoms with Crippen molar-refractivity contribution < 1.29 is 19.1 Å². The van der Waals surface area contributed by atoms with Gasteiger partial charge in [0.2, 0.25) is 0 Å². The number of carbonyl (C=O) groups excluding carboxylic acids is 1. The zero-order valence-corrected chi connectivity index (χ0v) is 12.0. The number of carbonyl (C=O) groups is 1. The second-order valence-electron chi connectivity index (χ2n) is 3.70.